The Morgan fingerprint density at radius 1 is 1.00 bits per heavy atom. The summed E-state index contributed by atoms with van der Waals surface area (Å²) in [6.07, 6.45) is 2.96. The zero-order valence-electron chi connectivity index (χ0n) is 17.6. The van der Waals surface area contributed by atoms with Crippen molar-refractivity contribution in [2.75, 3.05) is 13.1 Å². The Labute approximate surface area is 194 Å². The van der Waals surface area contributed by atoms with Gasteiger partial charge in [0, 0.05) is 17.1 Å². The maximum atomic E-state index is 12.8. The van der Waals surface area contributed by atoms with Crippen LogP contribution in [0.2, 0.25) is 5.02 Å². The van der Waals surface area contributed by atoms with Crippen molar-refractivity contribution >= 4 is 34.4 Å². The summed E-state index contributed by atoms with van der Waals surface area (Å²) >= 11 is 5.91. The molecule has 0 spiro atoms. The van der Waals surface area contributed by atoms with Crippen LogP contribution in [0.25, 0.3) is 11.0 Å². The fourth-order valence-electron chi connectivity index (χ4n) is 3.28. The summed E-state index contributed by atoms with van der Waals surface area (Å²) in [6, 6.07) is 15.9. The van der Waals surface area contributed by atoms with Gasteiger partial charge in [-0.15, -0.1) is 0 Å². The highest BCUT2D eigenvalue weighted by molar-refractivity contribution is 6.30. The Hall–Kier alpha value is -3.98. The first kappa shape index (κ1) is 22.2. The molecule has 2 amide bonds. The van der Waals surface area contributed by atoms with E-state index in [9.17, 15) is 14.4 Å². The lowest BCUT2D eigenvalue weighted by atomic mass is 10.2. The molecule has 4 rings (SSSR count). The summed E-state index contributed by atoms with van der Waals surface area (Å²) in [5, 5.41) is 10.5. The van der Waals surface area contributed by atoms with Crippen molar-refractivity contribution in [3.8, 4) is 0 Å². The predicted octanol–water partition coefficient (Wildman–Crippen LogP) is 1.84. The van der Waals surface area contributed by atoms with Gasteiger partial charge < -0.3 is 10.6 Å². The van der Waals surface area contributed by atoms with E-state index in [1.165, 1.54) is 17.1 Å². The lowest BCUT2D eigenvalue weighted by Crippen LogP contribution is -2.38. The molecule has 0 bridgehead atoms. The Morgan fingerprint density at radius 2 is 1.76 bits per heavy atom. The highest BCUT2D eigenvalue weighted by Crippen LogP contribution is 2.11. The van der Waals surface area contributed by atoms with Gasteiger partial charge in [0.1, 0.15) is 11.7 Å². The molecule has 0 aliphatic rings. The molecule has 0 aliphatic carbocycles. The van der Waals surface area contributed by atoms with Crippen LogP contribution >= 0.6 is 11.6 Å². The maximum Gasteiger partial charge on any atom is 0.264 e. The average Bonchev–Trinajstić information content (AvgIpc) is 3.25. The second-order valence-electron chi connectivity index (χ2n) is 7.31. The minimum absolute atomic E-state index is 0.138. The van der Waals surface area contributed by atoms with Crippen molar-refractivity contribution in [1.29, 1.82) is 0 Å². The van der Waals surface area contributed by atoms with Gasteiger partial charge in [0.05, 0.1) is 25.8 Å². The molecule has 0 aliphatic heterocycles. The van der Waals surface area contributed by atoms with Gasteiger partial charge in [-0.3, -0.25) is 19.0 Å². The van der Waals surface area contributed by atoms with Crippen LogP contribution in [-0.4, -0.2) is 44.2 Å². The van der Waals surface area contributed by atoms with E-state index in [4.69, 9.17) is 11.6 Å². The van der Waals surface area contributed by atoms with Crippen LogP contribution in [0, 0.1) is 0 Å². The molecule has 168 valence electrons. The Bertz CT molecular complexity index is 1330. The molecule has 4 aromatic rings. The third-order valence-corrected chi connectivity index (χ3v) is 5.23. The van der Waals surface area contributed by atoms with E-state index in [2.05, 4.69) is 20.7 Å². The first-order valence-electron chi connectivity index (χ1n) is 10.3. The Morgan fingerprint density at radius 3 is 2.52 bits per heavy atom. The summed E-state index contributed by atoms with van der Waals surface area (Å²) in [7, 11) is 0. The van der Waals surface area contributed by atoms with Crippen molar-refractivity contribution in [1.82, 2.24) is 30.0 Å². The quantitative estimate of drug-likeness (QED) is 0.413. The maximum absolute atomic E-state index is 12.8. The summed E-state index contributed by atoms with van der Waals surface area (Å²) in [6.45, 7) is 0.831. The van der Waals surface area contributed by atoms with Gasteiger partial charge in [-0.1, -0.05) is 41.9 Å². The molecular weight excluding hydrogens is 444 g/mol. The second-order valence-corrected chi connectivity index (χ2v) is 7.74. The molecule has 0 unspecified atom stereocenters. The molecule has 2 aromatic carbocycles. The number of fused-ring (bicyclic) bond motifs is 1. The number of rotatable bonds is 8. The van der Waals surface area contributed by atoms with Gasteiger partial charge in [-0.2, -0.15) is 5.10 Å². The lowest BCUT2D eigenvalue weighted by Gasteiger charge is -2.08. The molecule has 2 aromatic heterocycles. The predicted molar refractivity (Wildman–Crippen MR) is 124 cm³/mol. The van der Waals surface area contributed by atoms with E-state index in [0.717, 1.165) is 5.56 Å². The van der Waals surface area contributed by atoms with Crippen molar-refractivity contribution in [3.63, 3.8) is 0 Å². The van der Waals surface area contributed by atoms with Crippen LogP contribution in [0.5, 0.6) is 0 Å². The fourth-order valence-corrected chi connectivity index (χ4v) is 3.40. The third kappa shape index (κ3) is 5.45. The molecule has 0 fully saturated rings. The van der Waals surface area contributed by atoms with Crippen LogP contribution in [-0.2, 0) is 17.9 Å². The van der Waals surface area contributed by atoms with Crippen molar-refractivity contribution < 1.29 is 9.59 Å². The number of amides is 2. The standard InChI is InChI=1S/C23H21ClN6O3/c24-18-8-6-16(7-9-18)14-29-15-27-21-19(23(29)33)12-28-30(21)11-10-25-20(31)13-26-22(32)17-4-2-1-3-5-17/h1-9,12,15H,10-11,13-14H2,(H,25,31)(H,26,32). The van der Waals surface area contributed by atoms with E-state index in [1.54, 1.807) is 41.1 Å². The summed E-state index contributed by atoms with van der Waals surface area (Å²) in [4.78, 5) is 41.2. The molecule has 0 saturated carbocycles. The van der Waals surface area contributed by atoms with Gasteiger partial charge in [0.15, 0.2) is 5.65 Å². The van der Waals surface area contributed by atoms with Crippen LogP contribution in [0.15, 0.2) is 71.9 Å². The summed E-state index contributed by atoms with van der Waals surface area (Å²) in [5.41, 5.74) is 1.66. The molecular formula is C23H21ClN6O3. The first-order valence-corrected chi connectivity index (χ1v) is 10.6. The highest BCUT2D eigenvalue weighted by atomic mass is 35.5. The Balaban J connectivity index is 1.32. The minimum Gasteiger partial charge on any atom is -0.353 e. The highest BCUT2D eigenvalue weighted by Gasteiger charge is 2.11. The van der Waals surface area contributed by atoms with Crippen molar-refractivity contribution in [3.05, 3.63) is 93.6 Å². The molecule has 2 N–H and O–H groups in total. The SMILES string of the molecule is O=C(CNC(=O)c1ccccc1)NCCn1ncc2c(=O)n(Cc3ccc(Cl)cc3)cnc21. The Kier molecular flexibility index (Phi) is 6.80. The number of nitrogens with one attached hydrogen (secondary N) is 2. The topological polar surface area (TPSA) is 111 Å². The van der Waals surface area contributed by atoms with Gasteiger partial charge in [0.25, 0.3) is 11.5 Å². The molecule has 0 radical (unpaired) electrons. The van der Waals surface area contributed by atoms with Gasteiger partial charge in [-0.25, -0.2) is 9.67 Å². The summed E-state index contributed by atoms with van der Waals surface area (Å²) < 4.78 is 3.07. The van der Waals surface area contributed by atoms with Crippen LogP contribution in [0.4, 0.5) is 0 Å². The van der Waals surface area contributed by atoms with E-state index in [0.29, 0.717) is 34.7 Å². The number of benzene rings is 2. The number of halogens is 1. The number of carbonyl (C=O) groups is 2. The first-order chi connectivity index (χ1) is 16.0. The average molecular weight is 465 g/mol. The molecule has 2 heterocycles. The van der Waals surface area contributed by atoms with Crippen molar-refractivity contribution in [2.45, 2.75) is 13.1 Å². The number of aromatic nitrogens is 4. The molecule has 0 atom stereocenters. The van der Waals surface area contributed by atoms with E-state index < -0.39 is 0 Å². The zero-order valence-corrected chi connectivity index (χ0v) is 18.3. The zero-order chi connectivity index (χ0) is 23.2. The van der Waals surface area contributed by atoms with E-state index in [-0.39, 0.29) is 30.5 Å². The molecule has 10 heteroatoms. The monoisotopic (exact) mass is 464 g/mol. The van der Waals surface area contributed by atoms with Crippen LogP contribution in [0.1, 0.15) is 15.9 Å². The number of hydrogen-bond donors (Lipinski definition) is 2. The van der Waals surface area contributed by atoms with Gasteiger partial charge in [-0.05, 0) is 29.8 Å². The van der Waals surface area contributed by atoms with Crippen LogP contribution in [0.3, 0.4) is 0 Å². The van der Waals surface area contributed by atoms with E-state index >= 15 is 0 Å². The largest absolute Gasteiger partial charge is 0.353 e. The van der Waals surface area contributed by atoms with Crippen molar-refractivity contribution in [2.24, 2.45) is 0 Å². The normalized spacial score (nSPS) is 10.8. The molecule has 0 saturated heterocycles. The summed E-state index contributed by atoms with van der Waals surface area (Å²) in [5.74, 6) is -0.642. The lowest BCUT2D eigenvalue weighted by molar-refractivity contribution is -0.120. The minimum atomic E-state index is -0.325. The molecule has 9 nitrogen and oxygen atoms in total. The third-order valence-electron chi connectivity index (χ3n) is 4.98. The number of hydrogen-bond acceptors (Lipinski definition) is 5. The molecule has 33 heavy (non-hydrogen) atoms. The van der Waals surface area contributed by atoms with Crippen LogP contribution < -0.4 is 16.2 Å². The smallest absolute Gasteiger partial charge is 0.264 e. The second kappa shape index (κ2) is 10.1. The number of carbonyl (C=O) groups excluding carboxylic acids is 2. The number of nitrogens with zero attached hydrogens (tertiary/aromatic N) is 4. The van der Waals surface area contributed by atoms with Gasteiger partial charge in [0.2, 0.25) is 5.91 Å². The fraction of sp³-hybridized carbons (Fsp3) is 0.174. The van der Waals surface area contributed by atoms with E-state index in [1.807, 2.05) is 18.2 Å². The van der Waals surface area contributed by atoms with Gasteiger partial charge >= 0.3 is 0 Å².